The quantitative estimate of drug-likeness (QED) is 0.536. The smallest absolute Gasteiger partial charge is 0.191 e. The number of nitrogens with one attached hydrogen (secondary N) is 2. The Morgan fingerprint density at radius 2 is 1.79 bits per heavy atom. The van der Waals surface area contributed by atoms with Crippen molar-refractivity contribution in [2.75, 3.05) is 66.1 Å². The number of piperidine rings is 1. The Balaban J connectivity index is 1.52. The molecule has 0 radical (unpaired) electrons. The first-order valence-corrected chi connectivity index (χ1v) is 10.9. The molecule has 0 saturated carbocycles. The number of benzene rings is 1. The molecule has 2 heterocycles. The molecule has 156 valence electrons. The molecule has 0 aliphatic carbocycles. The van der Waals surface area contributed by atoms with Gasteiger partial charge in [0.05, 0.1) is 19.3 Å². The number of ether oxygens (including phenoxy) is 1. The summed E-state index contributed by atoms with van der Waals surface area (Å²) in [5.41, 5.74) is 1.27. The van der Waals surface area contributed by atoms with E-state index in [0.29, 0.717) is 0 Å². The van der Waals surface area contributed by atoms with Crippen molar-refractivity contribution in [3.05, 3.63) is 34.9 Å². The summed E-state index contributed by atoms with van der Waals surface area (Å²) in [7, 11) is 1.84. The van der Waals surface area contributed by atoms with Crippen molar-refractivity contribution in [3.63, 3.8) is 0 Å². The number of guanidine groups is 1. The molecule has 0 aromatic heterocycles. The molecule has 2 aliphatic rings. The summed E-state index contributed by atoms with van der Waals surface area (Å²) < 4.78 is 5.54. The third kappa shape index (κ3) is 6.62. The maximum atomic E-state index is 6.09. The maximum Gasteiger partial charge on any atom is 0.191 e. The Morgan fingerprint density at radius 1 is 1.07 bits per heavy atom. The Morgan fingerprint density at radius 3 is 2.46 bits per heavy atom. The van der Waals surface area contributed by atoms with Gasteiger partial charge in [0.1, 0.15) is 0 Å². The standard InChI is InChI=1S/C21H34ClN5O/c1-23-21(24-9-12-26-10-3-2-4-11-26)25-17-20(27-13-15-28-16-14-27)18-5-7-19(22)8-6-18/h5-8,20H,2-4,9-17H2,1H3,(H2,23,24,25). The van der Waals surface area contributed by atoms with Gasteiger partial charge in [0.25, 0.3) is 0 Å². The van der Waals surface area contributed by atoms with E-state index < -0.39 is 0 Å². The van der Waals surface area contributed by atoms with E-state index in [0.717, 1.165) is 56.9 Å². The number of nitrogens with zero attached hydrogens (tertiary/aromatic N) is 3. The second-order valence-corrected chi connectivity index (χ2v) is 7.93. The second-order valence-electron chi connectivity index (χ2n) is 7.50. The summed E-state index contributed by atoms with van der Waals surface area (Å²) in [6, 6.07) is 8.45. The zero-order chi connectivity index (χ0) is 19.6. The van der Waals surface area contributed by atoms with Gasteiger partial charge in [-0.1, -0.05) is 30.2 Å². The highest BCUT2D eigenvalue weighted by Gasteiger charge is 2.23. The SMILES string of the molecule is CN=C(NCCN1CCCCC1)NCC(c1ccc(Cl)cc1)N1CCOCC1. The van der Waals surface area contributed by atoms with Crippen LogP contribution in [-0.2, 0) is 4.74 Å². The van der Waals surface area contributed by atoms with Crippen molar-refractivity contribution in [1.82, 2.24) is 20.4 Å². The first-order valence-electron chi connectivity index (χ1n) is 10.5. The van der Waals surface area contributed by atoms with Crippen LogP contribution >= 0.6 is 11.6 Å². The summed E-state index contributed by atoms with van der Waals surface area (Å²) in [5.74, 6) is 0.865. The summed E-state index contributed by atoms with van der Waals surface area (Å²) in [4.78, 5) is 9.42. The first kappa shape index (κ1) is 21.4. The molecule has 2 saturated heterocycles. The van der Waals surface area contributed by atoms with Crippen LogP contribution in [0.1, 0.15) is 30.9 Å². The van der Waals surface area contributed by atoms with Gasteiger partial charge in [-0.25, -0.2) is 0 Å². The van der Waals surface area contributed by atoms with E-state index in [4.69, 9.17) is 16.3 Å². The number of likely N-dealkylation sites (tertiary alicyclic amines) is 1. The molecular formula is C21H34ClN5O. The molecule has 3 rings (SSSR count). The summed E-state index contributed by atoms with van der Waals surface area (Å²) in [5, 5.41) is 7.76. The normalized spacial score (nSPS) is 20.7. The predicted molar refractivity (Wildman–Crippen MR) is 116 cm³/mol. The molecule has 28 heavy (non-hydrogen) atoms. The van der Waals surface area contributed by atoms with Crippen molar-refractivity contribution in [2.45, 2.75) is 25.3 Å². The summed E-state index contributed by atoms with van der Waals surface area (Å²) in [6.07, 6.45) is 4.03. The van der Waals surface area contributed by atoms with Crippen LogP contribution in [0.15, 0.2) is 29.3 Å². The summed E-state index contributed by atoms with van der Waals surface area (Å²) >= 11 is 6.09. The third-order valence-corrected chi connectivity index (χ3v) is 5.85. The molecule has 1 unspecified atom stereocenters. The van der Waals surface area contributed by atoms with Crippen molar-refractivity contribution in [3.8, 4) is 0 Å². The first-order chi connectivity index (χ1) is 13.8. The number of hydrogen-bond donors (Lipinski definition) is 2. The predicted octanol–water partition coefficient (Wildman–Crippen LogP) is 2.36. The number of rotatable bonds is 7. The topological polar surface area (TPSA) is 52.1 Å². The Bertz CT molecular complexity index is 597. The number of morpholine rings is 1. The molecule has 6 nitrogen and oxygen atoms in total. The minimum atomic E-state index is 0.266. The number of aliphatic imine (C=N–C) groups is 1. The lowest BCUT2D eigenvalue weighted by molar-refractivity contribution is 0.0170. The molecule has 2 N–H and O–H groups in total. The lowest BCUT2D eigenvalue weighted by Gasteiger charge is -2.35. The highest BCUT2D eigenvalue weighted by molar-refractivity contribution is 6.30. The van der Waals surface area contributed by atoms with E-state index in [1.807, 2.05) is 19.2 Å². The van der Waals surface area contributed by atoms with Crippen molar-refractivity contribution >= 4 is 17.6 Å². The number of halogens is 1. The van der Waals surface area contributed by atoms with Gasteiger partial charge in [-0.3, -0.25) is 9.89 Å². The van der Waals surface area contributed by atoms with Gasteiger partial charge in [-0.2, -0.15) is 0 Å². The molecule has 0 spiro atoms. The monoisotopic (exact) mass is 407 g/mol. The lowest BCUT2D eigenvalue weighted by atomic mass is 10.0. The molecule has 1 aromatic carbocycles. The van der Waals surface area contributed by atoms with Crippen LogP contribution < -0.4 is 10.6 Å². The van der Waals surface area contributed by atoms with E-state index in [-0.39, 0.29) is 6.04 Å². The maximum absolute atomic E-state index is 6.09. The van der Waals surface area contributed by atoms with Gasteiger partial charge in [-0.15, -0.1) is 0 Å². The van der Waals surface area contributed by atoms with Gasteiger partial charge >= 0.3 is 0 Å². The number of hydrogen-bond acceptors (Lipinski definition) is 4. The van der Waals surface area contributed by atoms with Gasteiger partial charge in [0.2, 0.25) is 0 Å². The van der Waals surface area contributed by atoms with Crippen molar-refractivity contribution in [2.24, 2.45) is 4.99 Å². The van der Waals surface area contributed by atoms with Gasteiger partial charge in [-0.05, 0) is 43.6 Å². The Kier molecular flexibility index (Phi) is 8.86. The zero-order valence-electron chi connectivity index (χ0n) is 17.0. The zero-order valence-corrected chi connectivity index (χ0v) is 17.8. The van der Waals surface area contributed by atoms with Crippen LogP contribution in [0.5, 0.6) is 0 Å². The van der Waals surface area contributed by atoms with E-state index in [2.05, 4.69) is 37.6 Å². The van der Waals surface area contributed by atoms with E-state index in [1.54, 1.807) is 0 Å². The van der Waals surface area contributed by atoms with Crippen LogP contribution in [0.2, 0.25) is 5.02 Å². The fraction of sp³-hybridized carbons (Fsp3) is 0.667. The van der Waals surface area contributed by atoms with Crippen LogP contribution in [-0.4, -0.2) is 81.8 Å². The largest absolute Gasteiger partial charge is 0.379 e. The molecular weight excluding hydrogens is 374 g/mol. The Hall–Kier alpha value is -1.34. The second kappa shape index (κ2) is 11.6. The van der Waals surface area contributed by atoms with Gasteiger partial charge < -0.3 is 20.3 Å². The molecule has 2 aliphatic heterocycles. The van der Waals surface area contributed by atoms with Crippen LogP contribution in [0, 0.1) is 0 Å². The summed E-state index contributed by atoms with van der Waals surface area (Å²) in [6.45, 7) is 8.69. The van der Waals surface area contributed by atoms with Crippen LogP contribution in [0.3, 0.4) is 0 Å². The molecule has 0 bridgehead atoms. The minimum Gasteiger partial charge on any atom is -0.379 e. The average molecular weight is 408 g/mol. The molecule has 1 aromatic rings. The van der Waals surface area contributed by atoms with Crippen LogP contribution in [0.25, 0.3) is 0 Å². The van der Waals surface area contributed by atoms with Gasteiger partial charge in [0.15, 0.2) is 5.96 Å². The highest BCUT2D eigenvalue weighted by Crippen LogP contribution is 2.23. The fourth-order valence-electron chi connectivity index (χ4n) is 3.96. The minimum absolute atomic E-state index is 0.266. The van der Waals surface area contributed by atoms with Gasteiger partial charge in [0, 0.05) is 44.8 Å². The van der Waals surface area contributed by atoms with E-state index in [9.17, 15) is 0 Å². The average Bonchev–Trinajstić information content (AvgIpc) is 2.75. The molecule has 1 atom stereocenters. The highest BCUT2D eigenvalue weighted by atomic mass is 35.5. The fourth-order valence-corrected chi connectivity index (χ4v) is 4.09. The van der Waals surface area contributed by atoms with E-state index >= 15 is 0 Å². The third-order valence-electron chi connectivity index (χ3n) is 5.60. The molecule has 2 fully saturated rings. The van der Waals surface area contributed by atoms with E-state index in [1.165, 1.54) is 37.9 Å². The molecule has 7 heteroatoms. The van der Waals surface area contributed by atoms with Crippen LogP contribution in [0.4, 0.5) is 0 Å². The Labute approximate surface area is 174 Å². The lowest BCUT2D eigenvalue weighted by Crippen LogP contribution is -2.47. The van der Waals surface area contributed by atoms with Crippen molar-refractivity contribution < 1.29 is 4.74 Å². The van der Waals surface area contributed by atoms with Crippen molar-refractivity contribution in [1.29, 1.82) is 0 Å². The molecule has 0 amide bonds.